The first-order chi connectivity index (χ1) is 11.0. The zero-order valence-electron chi connectivity index (χ0n) is 13.6. The van der Waals surface area contributed by atoms with E-state index in [0.29, 0.717) is 13.2 Å². The summed E-state index contributed by atoms with van der Waals surface area (Å²) in [6, 6.07) is 6.07. The van der Waals surface area contributed by atoms with E-state index < -0.39 is 6.09 Å². The highest BCUT2D eigenvalue weighted by molar-refractivity contribution is 5.74. The van der Waals surface area contributed by atoms with Crippen LogP contribution in [0.1, 0.15) is 23.6 Å². The molecule has 1 aliphatic heterocycles. The summed E-state index contributed by atoms with van der Waals surface area (Å²) in [6.45, 7) is 3.05. The number of hydrogen-bond donors (Lipinski definition) is 1. The smallest absolute Gasteiger partial charge is 0.407 e. The summed E-state index contributed by atoms with van der Waals surface area (Å²) in [7, 11) is 3.50. The van der Waals surface area contributed by atoms with Crippen LogP contribution in [0.15, 0.2) is 24.4 Å². The number of aryl methyl sites for hydroxylation is 2. The summed E-state index contributed by atoms with van der Waals surface area (Å²) in [6.07, 6.45) is 1.90. The van der Waals surface area contributed by atoms with Gasteiger partial charge in [-0.15, -0.1) is 0 Å². The van der Waals surface area contributed by atoms with Crippen molar-refractivity contribution >= 4 is 6.09 Å². The van der Waals surface area contributed by atoms with Gasteiger partial charge in [0.1, 0.15) is 5.75 Å². The lowest BCUT2D eigenvalue weighted by atomic mass is 9.89. The Kier molecular flexibility index (Phi) is 3.98. The third-order valence-corrected chi connectivity index (χ3v) is 4.32. The zero-order valence-corrected chi connectivity index (χ0v) is 13.6. The molecule has 0 bridgehead atoms. The van der Waals surface area contributed by atoms with Crippen LogP contribution in [0.25, 0.3) is 11.1 Å². The molecule has 0 unspecified atom stereocenters. The Bertz CT molecular complexity index is 739. The summed E-state index contributed by atoms with van der Waals surface area (Å²) in [5.41, 5.74) is 4.10. The summed E-state index contributed by atoms with van der Waals surface area (Å²) < 4.78 is 7.74. The van der Waals surface area contributed by atoms with E-state index in [0.717, 1.165) is 34.6 Å². The molecular formula is C17H21N3O3. The Balaban J connectivity index is 2.00. The lowest BCUT2D eigenvalue weighted by Gasteiger charge is -2.29. The standard InChI is InChI=1S/C17H21N3O3/c1-11-15(10-20(3)18-11)14-6-4-5-13-12(7-8-23-16(13)14)9-19(2)17(21)22/h4-6,10,12H,7-9H2,1-3H3,(H,21,22)/t12-/m0/s1. The van der Waals surface area contributed by atoms with Crippen molar-refractivity contribution in [1.29, 1.82) is 0 Å². The minimum Gasteiger partial charge on any atom is -0.493 e. The number of amides is 1. The highest BCUT2D eigenvalue weighted by Crippen LogP contribution is 2.41. The molecule has 0 aliphatic carbocycles. The molecule has 1 atom stereocenters. The van der Waals surface area contributed by atoms with E-state index in [2.05, 4.69) is 5.10 Å². The predicted molar refractivity (Wildman–Crippen MR) is 86.9 cm³/mol. The highest BCUT2D eigenvalue weighted by atomic mass is 16.5. The molecule has 1 N–H and O–H groups in total. The minimum atomic E-state index is -0.905. The van der Waals surface area contributed by atoms with Gasteiger partial charge in [-0.25, -0.2) is 4.79 Å². The van der Waals surface area contributed by atoms with Crippen molar-refractivity contribution < 1.29 is 14.6 Å². The van der Waals surface area contributed by atoms with E-state index in [1.807, 2.05) is 38.4 Å². The van der Waals surface area contributed by atoms with Gasteiger partial charge in [-0.05, 0) is 18.9 Å². The summed E-state index contributed by atoms with van der Waals surface area (Å²) in [5, 5.41) is 13.5. The molecule has 2 aromatic rings. The molecule has 1 aromatic heterocycles. The largest absolute Gasteiger partial charge is 0.493 e. The van der Waals surface area contributed by atoms with Gasteiger partial charge >= 0.3 is 6.09 Å². The fourth-order valence-electron chi connectivity index (χ4n) is 3.17. The van der Waals surface area contributed by atoms with Crippen molar-refractivity contribution in [3.05, 3.63) is 35.7 Å². The van der Waals surface area contributed by atoms with Gasteiger partial charge in [0, 0.05) is 43.9 Å². The van der Waals surface area contributed by atoms with Crippen molar-refractivity contribution in [3.8, 4) is 16.9 Å². The SMILES string of the molecule is Cc1nn(C)cc1-c1cccc2c1OCC[C@H]2CN(C)C(=O)O. The fourth-order valence-corrected chi connectivity index (χ4v) is 3.17. The van der Waals surface area contributed by atoms with Gasteiger partial charge in [0.25, 0.3) is 0 Å². The molecule has 0 radical (unpaired) electrons. The Hall–Kier alpha value is -2.50. The first kappa shape index (κ1) is 15.4. The fraction of sp³-hybridized carbons (Fsp3) is 0.412. The van der Waals surface area contributed by atoms with Crippen LogP contribution in [-0.4, -0.2) is 46.1 Å². The molecule has 23 heavy (non-hydrogen) atoms. The monoisotopic (exact) mass is 315 g/mol. The third kappa shape index (κ3) is 2.88. The molecule has 6 nitrogen and oxygen atoms in total. The van der Waals surface area contributed by atoms with Gasteiger partial charge in [-0.3, -0.25) is 4.68 Å². The number of carboxylic acid groups (broad SMARTS) is 1. The molecule has 1 aliphatic rings. The second-order valence-electron chi connectivity index (χ2n) is 6.02. The number of likely N-dealkylation sites (N-methyl/N-ethyl adjacent to an activating group) is 1. The second kappa shape index (κ2) is 5.95. The Labute approximate surface area is 135 Å². The average molecular weight is 315 g/mol. The molecule has 0 spiro atoms. The van der Waals surface area contributed by atoms with Crippen LogP contribution in [-0.2, 0) is 7.05 Å². The van der Waals surface area contributed by atoms with E-state index in [9.17, 15) is 4.79 Å². The molecule has 122 valence electrons. The maximum Gasteiger partial charge on any atom is 0.407 e. The maximum atomic E-state index is 11.1. The van der Waals surface area contributed by atoms with E-state index in [-0.39, 0.29) is 5.92 Å². The van der Waals surface area contributed by atoms with Crippen LogP contribution >= 0.6 is 0 Å². The van der Waals surface area contributed by atoms with Crippen LogP contribution in [0, 0.1) is 6.92 Å². The molecular weight excluding hydrogens is 294 g/mol. The average Bonchev–Trinajstić information content (AvgIpc) is 2.85. The number of fused-ring (bicyclic) bond motifs is 1. The number of ether oxygens (including phenoxy) is 1. The minimum absolute atomic E-state index is 0.150. The number of para-hydroxylation sites is 1. The zero-order chi connectivity index (χ0) is 16.6. The van der Waals surface area contributed by atoms with Crippen LogP contribution in [0.2, 0.25) is 0 Å². The van der Waals surface area contributed by atoms with Gasteiger partial charge in [-0.2, -0.15) is 5.10 Å². The van der Waals surface area contributed by atoms with Crippen molar-refractivity contribution in [2.45, 2.75) is 19.3 Å². The number of nitrogens with zero attached hydrogens (tertiary/aromatic N) is 3. The molecule has 0 saturated heterocycles. The summed E-state index contributed by atoms with van der Waals surface area (Å²) >= 11 is 0. The van der Waals surface area contributed by atoms with Crippen molar-refractivity contribution in [1.82, 2.24) is 14.7 Å². The van der Waals surface area contributed by atoms with E-state index in [4.69, 9.17) is 9.84 Å². The van der Waals surface area contributed by atoms with Crippen LogP contribution in [0.3, 0.4) is 0 Å². The molecule has 1 aromatic carbocycles. The summed E-state index contributed by atoms with van der Waals surface area (Å²) in [5.74, 6) is 1.01. The molecule has 6 heteroatoms. The van der Waals surface area contributed by atoms with Crippen molar-refractivity contribution in [3.63, 3.8) is 0 Å². The van der Waals surface area contributed by atoms with Gasteiger partial charge < -0.3 is 14.7 Å². The number of hydrogen-bond acceptors (Lipinski definition) is 3. The Morgan fingerprint density at radius 2 is 2.26 bits per heavy atom. The molecule has 2 heterocycles. The normalized spacial score (nSPS) is 16.6. The van der Waals surface area contributed by atoms with Crippen molar-refractivity contribution in [2.75, 3.05) is 20.2 Å². The second-order valence-corrected chi connectivity index (χ2v) is 6.02. The van der Waals surface area contributed by atoms with Crippen LogP contribution in [0.5, 0.6) is 5.75 Å². The van der Waals surface area contributed by atoms with E-state index in [1.165, 1.54) is 4.90 Å². The molecule has 0 fully saturated rings. The predicted octanol–water partition coefficient (Wildman–Crippen LogP) is 2.87. The molecule has 1 amide bonds. The number of carbonyl (C=O) groups is 1. The highest BCUT2D eigenvalue weighted by Gasteiger charge is 2.27. The first-order valence-corrected chi connectivity index (χ1v) is 7.67. The van der Waals surface area contributed by atoms with Crippen molar-refractivity contribution in [2.24, 2.45) is 7.05 Å². The third-order valence-electron chi connectivity index (χ3n) is 4.32. The lowest BCUT2D eigenvalue weighted by molar-refractivity contribution is 0.149. The van der Waals surface area contributed by atoms with E-state index >= 15 is 0 Å². The van der Waals surface area contributed by atoms with Crippen LogP contribution in [0.4, 0.5) is 4.79 Å². The van der Waals surface area contributed by atoms with Gasteiger partial charge in [0.05, 0.1) is 12.3 Å². The summed E-state index contributed by atoms with van der Waals surface area (Å²) in [4.78, 5) is 12.4. The maximum absolute atomic E-state index is 11.1. The Morgan fingerprint density at radius 1 is 1.48 bits per heavy atom. The molecule has 3 rings (SSSR count). The topological polar surface area (TPSA) is 67.6 Å². The Morgan fingerprint density at radius 3 is 2.91 bits per heavy atom. The lowest BCUT2D eigenvalue weighted by Crippen LogP contribution is -2.31. The van der Waals surface area contributed by atoms with Gasteiger partial charge in [0.15, 0.2) is 0 Å². The van der Waals surface area contributed by atoms with E-state index in [1.54, 1.807) is 11.7 Å². The van der Waals surface area contributed by atoms with Gasteiger partial charge in [-0.1, -0.05) is 18.2 Å². The number of rotatable bonds is 3. The van der Waals surface area contributed by atoms with Gasteiger partial charge in [0.2, 0.25) is 0 Å². The number of benzene rings is 1. The molecule has 0 saturated carbocycles. The number of aromatic nitrogens is 2. The first-order valence-electron chi connectivity index (χ1n) is 7.67. The van der Waals surface area contributed by atoms with Crippen LogP contribution < -0.4 is 4.74 Å². The quantitative estimate of drug-likeness (QED) is 0.945.